The number of nitrogens with one attached hydrogen (secondary N) is 1. The average molecular weight is 844 g/mol. The molecule has 8 nitrogen and oxygen atoms in total. The first-order valence-corrected chi connectivity index (χ1v) is 26.5. The lowest BCUT2D eigenvalue weighted by Gasteiger charge is -2.26. The summed E-state index contributed by atoms with van der Waals surface area (Å²) in [5.41, 5.74) is 0. The Morgan fingerprint density at radius 3 is 1.33 bits per heavy atom. The van der Waals surface area contributed by atoms with Crippen LogP contribution in [0.4, 0.5) is 0 Å². The molecule has 0 bridgehead atoms. The summed E-state index contributed by atoms with van der Waals surface area (Å²) in [6.07, 6.45) is 48.2. The number of nitrogens with zero attached hydrogens (tertiary/aromatic N) is 1. The summed E-state index contributed by atoms with van der Waals surface area (Å²) in [5.74, 6) is -0.143. The number of likely N-dealkylation sites (N-methyl/N-ethyl adjacent to an activating group) is 1. The summed E-state index contributed by atoms with van der Waals surface area (Å²) in [5, 5.41) is 14.0. The SMILES string of the molecule is CCCCCCCCCC/C=C\CCCCCCCCCCCCCC(=O)NC(COP(=O)(O)OCC[N+](C)(C)C)C(O)CCCCCCCCCCCCCCC. The number of allylic oxidation sites excluding steroid dienone is 2. The Labute approximate surface area is 361 Å². The topological polar surface area (TPSA) is 105 Å². The van der Waals surface area contributed by atoms with Crippen molar-refractivity contribution in [2.45, 2.75) is 257 Å². The molecule has 0 rings (SSSR count). The molecule has 0 saturated carbocycles. The van der Waals surface area contributed by atoms with Crippen molar-refractivity contribution in [3.8, 4) is 0 Å². The van der Waals surface area contributed by atoms with E-state index in [-0.39, 0.29) is 19.1 Å². The van der Waals surface area contributed by atoms with E-state index in [0.717, 1.165) is 38.5 Å². The molecular weight excluding hydrogens is 744 g/mol. The number of aliphatic hydroxyl groups excluding tert-OH is 1. The zero-order chi connectivity index (χ0) is 42.8. The van der Waals surface area contributed by atoms with Gasteiger partial charge in [-0.25, -0.2) is 4.57 Å². The molecule has 9 heteroatoms. The van der Waals surface area contributed by atoms with Gasteiger partial charge in [-0.15, -0.1) is 0 Å². The zero-order valence-corrected chi connectivity index (χ0v) is 40.2. The molecule has 0 saturated heterocycles. The molecule has 0 aromatic rings. The van der Waals surface area contributed by atoms with E-state index >= 15 is 0 Å². The highest BCUT2D eigenvalue weighted by molar-refractivity contribution is 7.47. The molecule has 0 spiro atoms. The van der Waals surface area contributed by atoms with Crippen LogP contribution in [0.15, 0.2) is 12.2 Å². The second kappa shape index (κ2) is 41.6. The van der Waals surface area contributed by atoms with Gasteiger partial charge in [-0.1, -0.05) is 212 Å². The van der Waals surface area contributed by atoms with Crippen LogP contribution in [-0.2, 0) is 18.4 Å². The predicted octanol–water partition coefficient (Wildman–Crippen LogP) is 14.3. The van der Waals surface area contributed by atoms with Gasteiger partial charge in [0.25, 0.3) is 0 Å². The van der Waals surface area contributed by atoms with E-state index in [4.69, 9.17) is 9.05 Å². The third-order valence-electron chi connectivity index (χ3n) is 11.5. The monoisotopic (exact) mass is 844 g/mol. The molecule has 0 aromatic heterocycles. The van der Waals surface area contributed by atoms with Gasteiger partial charge < -0.3 is 19.8 Å². The van der Waals surface area contributed by atoms with Gasteiger partial charge in [0.15, 0.2) is 0 Å². The molecule has 3 N–H and O–H groups in total. The van der Waals surface area contributed by atoms with E-state index in [9.17, 15) is 19.4 Å². The standard InChI is InChI=1S/C49H99N2O6P/c1-6-8-10-12-14-16-18-20-21-22-23-24-25-26-27-28-29-31-33-35-37-39-41-43-49(53)50-47(46-57-58(54,55)56-45-44-51(3,4)5)48(52)42-40-38-36-34-32-30-19-17-15-13-11-9-7-2/h22-23,47-48,52H,6-21,24-46H2,1-5H3,(H-,50,53,54,55)/p+1/b23-22-. The minimum Gasteiger partial charge on any atom is -0.391 e. The van der Waals surface area contributed by atoms with Gasteiger partial charge in [0.1, 0.15) is 13.2 Å². The lowest BCUT2D eigenvalue weighted by molar-refractivity contribution is -0.870. The van der Waals surface area contributed by atoms with Crippen molar-refractivity contribution in [3.05, 3.63) is 12.2 Å². The fourth-order valence-corrected chi connectivity index (χ4v) is 8.25. The lowest BCUT2D eigenvalue weighted by atomic mass is 10.0. The molecule has 58 heavy (non-hydrogen) atoms. The fourth-order valence-electron chi connectivity index (χ4n) is 7.51. The van der Waals surface area contributed by atoms with E-state index in [1.807, 2.05) is 21.1 Å². The van der Waals surface area contributed by atoms with Gasteiger partial charge in [0, 0.05) is 6.42 Å². The Balaban J connectivity index is 4.19. The minimum atomic E-state index is -4.31. The van der Waals surface area contributed by atoms with Crippen molar-refractivity contribution in [2.75, 3.05) is 40.9 Å². The van der Waals surface area contributed by atoms with Gasteiger partial charge in [-0.2, -0.15) is 0 Å². The Morgan fingerprint density at radius 2 is 0.931 bits per heavy atom. The lowest BCUT2D eigenvalue weighted by Crippen LogP contribution is -2.46. The first kappa shape index (κ1) is 57.2. The molecule has 3 atom stereocenters. The smallest absolute Gasteiger partial charge is 0.391 e. The van der Waals surface area contributed by atoms with E-state index in [1.54, 1.807) is 0 Å². The minimum absolute atomic E-state index is 0.0767. The van der Waals surface area contributed by atoms with Crippen molar-refractivity contribution in [3.63, 3.8) is 0 Å². The van der Waals surface area contributed by atoms with Crippen molar-refractivity contribution >= 4 is 13.7 Å². The van der Waals surface area contributed by atoms with E-state index in [0.29, 0.717) is 23.9 Å². The Morgan fingerprint density at radius 1 is 0.569 bits per heavy atom. The second-order valence-corrected chi connectivity index (χ2v) is 20.0. The molecule has 0 aromatic carbocycles. The van der Waals surface area contributed by atoms with Crippen LogP contribution in [0, 0.1) is 0 Å². The first-order chi connectivity index (χ1) is 28.0. The normalized spacial score (nSPS) is 14.3. The largest absolute Gasteiger partial charge is 0.472 e. The Hall–Kier alpha value is -0.760. The summed E-state index contributed by atoms with van der Waals surface area (Å²) in [4.78, 5) is 23.2. The second-order valence-electron chi connectivity index (χ2n) is 18.5. The van der Waals surface area contributed by atoms with E-state index < -0.39 is 20.0 Å². The highest BCUT2D eigenvalue weighted by atomic mass is 31.2. The molecule has 0 aliphatic heterocycles. The summed E-state index contributed by atoms with van der Waals surface area (Å²) in [6, 6.07) is -0.756. The third kappa shape index (κ3) is 43.3. The van der Waals surface area contributed by atoms with Gasteiger partial charge >= 0.3 is 7.82 Å². The van der Waals surface area contributed by atoms with Gasteiger partial charge in [0.2, 0.25) is 5.91 Å². The number of hydrogen-bond acceptors (Lipinski definition) is 5. The molecular formula is C49H100N2O6P+. The fraction of sp³-hybridized carbons (Fsp3) is 0.939. The van der Waals surface area contributed by atoms with Crippen molar-refractivity contribution in [1.82, 2.24) is 5.32 Å². The van der Waals surface area contributed by atoms with Crippen LogP contribution in [-0.4, -0.2) is 73.4 Å². The number of hydrogen-bond donors (Lipinski definition) is 3. The number of aliphatic hydroxyl groups is 1. The zero-order valence-electron chi connectivity index (χ0n) is 39.3. The highest BCUT2D eigenvalue weighted by Gasteiger charge is 2.28. The van der Waals surface area contributed by atoms with Crippen LogP contribution in [0.2, 0.25) is 0 Å². The number of rotatable bonds is 46. The summed E-state index contributed by atoms with van der Waals surface area (Å²) in [6.45, 7) is 4.90. The van der Waals surface area contributed by atoms with Crippen LogP contribution in [0.25, 0.3) is 0 Å². The molecule has 346 valence electrons. The van der Waals surface area contributed by atoms with Crippen molar-refractivity contribution < 1.29 is 32.9 Å². The van der Waals surface area contributed by atoms with Crippen molar-refractivity contribution in [1.29, 1.82) is 0 Å². The third-order valence-corrected chi connectivity index (χ3v) is 12.5. The Bertz CT molecular complexity index is 958. The quantitative estimate of drug-likeness (QED) is 0.0244. The molecule has 3 unspecified atom stereocenters. The molecule has 0 heterocycles. The summed E-state index contributed by atoms with van der Waals surface area (Å²) >= 11 is 0. The number of phosphoric acid groups is 1. The average Bonchev–Trinajstić information content (AvgIpc) is 3.17. The predicted molar refractivity (Wildman–Crippen MR) is 249 cm³/mol. The van der Waals surface area contributed by atoms with Crippen molar-refractivity contribution in [2.24, 2.45) is 0 Å². The number of carbonyl (C=O) groups is 1. The molecule has 0 radical (unpaired) electrons. The van der Waals surface area contributed by atoms with Crippen LogP contribution in [0.5, 0.6) is 0 Å². The summed E-state index contributed by atoms with van der Waals surface area (Å²) in [7, 11) is 1.62. The maximum Gasteiger partial charge on any atom is 0.472 e. The maximum atomic E-state index is 12.9. The maximum absolute atomic E-state index is 12.9. The number of phosphoric ester groups is 1. The van der Waals surface area contributed by atoms with Gasteiger partial charge in [0.05, 0.1) is 39.9 Å². The highest BCUT2D eigenvalue weighted by Crippen LogP contribution is 2.43. The molecule has 0 fully saturated rings. The number of unbranched alkanes of at least 4 members (excludes halogenated alkanes) is 31. The molecule has 0 aliphatic rings. The van der Waals surface area contributed by atoms with Gasteiger partial charge in [-0.3, -0.25) is 13.8 Å². The first-order valence-electron chi connectivity index (χ1n) is 25.1. The van der Waals surface area contributed by atoms with E-state index in [1.165, 1.54) is 180 Å². The number of quaternary nitrogens is 1. The van der Waals surface area contributed by atoms with Crippen LogP contribution >= 0.6 is 7.82 Å². The summed E-state index contributed by atoms with van der Waals surface area (Å²) < 4.78 is 23.7. The number of amides is 1. The van der Waals surface area contributed by atoms with Gasteiger partial charge in [-0.05, 0) is 38.5 Å². The van der Waals surface area contributed by atoms with Crippen LogP contribution in [0.3, 0.4) is 0 Å². The molecule has 0 aliphatic carbocycles. The van der Waals surface area contributed by atoms with Crippen LogP contribution in [0.1, 0.15) is 245 Å². The Kier molecular flexibility index (Phi) is 41.0. The molecule has 1 amide bonds. The van der Waals surface area contributed by atoms with Crippen LogP contribution < -0.4 is 5.32 Å². The number of carbonyl (C=O) groups excluding carboxylic acids is 1. The van der Waals surface area contributed by atoms with E-state index in [2.05, 4.69) is 31.3 Å².